The number of carbonyl (C=O) groups is 1. The summed E-state index contributed by atoms with van der Waals surface area (Å²) in [5.74, 6) is 0.518. The van der Waals surface area contributed by atoms with Crippen molar-refractivity contribution in [3.05, 3.63) is 23.7 Å². The number of hydrogen-bond acceptors (Lipinski definition) is 5. The van der Waals surface area contributed by atoms with E-state index in [1.54, 1.807) is 19.2 Å². The molecule has 15 heavy (non-hydrogen) atoms. The minimum atomic E-state index is -1.18. The van der Waals surface area contributed by atoms with Crippen molar-refractivity contribution in [3.63, 3.8) is 0 Å². The number of rotatable bonds is 5. The lowest BCUT2D eigenvalue weighted by Gasteiger charge is -2.05. The zero-order valence-electron chi connectivity index (χ0n) is 8.73. The predicted molar refractivity (Wildman–Crippen MR) is 51.1 cm³/mol. The zero-order valence-corrected chi connectivity index (χ0v) is 8.73. The number of esters is 1. The van der Waals surface area contributed by atoms with E-state index in [9.17, 15) is 9.90 Å². The summed E-state index contributed by atoms with van der Waals surface area (Å²) < 4.78 is 14.5. The van der Waals surface area contributed by atoms with Crippen LogP contribution in [0.4, 0.5) is 0 Å². The average molecular weight is 214 g/mol. The maximum atomic E-state index is 10.9. The third-order valence-corrected chi connectivity index (χ3v) is 1.87. The number of ether oxygens (including phenoxy) is 2. The zero-order chi connectivity index (χ0) is 11.3. The average Bonchev–Trinajstić information content (AvgIpc) is 2.65. The van der Waals surface area contributed by atoms with Crippen LogP contribution in [-0.4, -0.2) is 31.4 Å². The van der Waals surface area contributed by atoms with E-state index in [-0.39, 0.29) is 6.42 Å². The number of carbonyl (C=O) groups excluding carboxylic acids is 1. The summed E-state index contributed by atoms with van der Waals surface area (Å²) in [5, 5.41) is 9.34. The Morgan fingerprint density at radius 3 is 2.73 bits per heavy atom. The molecule has 0 saturated heterocycles. The number of aliphatic hydroxyl groups is 1. The summed E-state index contributed by atoms with van der Waals surface area (Å²) in [6.07, 6.45) is -1.08. The molecule has 0 aliphatic rings. The van der Waals surface area contributed by atoms with E-state index < -0.39 is 12.1 Å². The van der Waals surface area contributed by atoms with Gasteiger partial charge >= 0.3 is 5.97 Å². The van der Waals surface area contributed by atoms with Gasteiger partial charge < -0.3 is 19.0 Å². The van der Waals surface area contributed by atoms with E-state index in [0.717, 1.165) is 0 Å². The van der Waals surface area contributed by atoms with Crippen molar-refractivity contribution in [3.8, 4) is 0 Å². The number of hydrogen-bond donors (Lipinski definition) is 1. The topological polar surface area (TPSA) is 68.9 Å². The second kappa shape index (κ2) is 5.53. The Kier molecular flexibility index (Phi) is 4.33. The van der Waals surface area contributed by atoms with Crippen LogP contribution in [-0.2, 0) is 27.3 Å². The van der Waals surface area contributed by atoms with E-state index in [4.69, 9.17) is 9.15 Å². The molecule has 1 rings (SSSR count). The first-order valence-corrected chi connectivity index (χ1v) is 4.49. The molecule has 0 spiro atoms. The van der Waals surface area contributed by atoms with E-state index in [2.05, 4.69) is 4.74 Å². The van der Waals surface area contributed by atoms with Crippen molar-refractivity contribution in [2.45, 2.75) is 19.1 Å². The molecule has 0 aliphatic carbocycles. The smallest absolute Gasteiger partial charge is 0.335 e. The van der Waals surface area contributed by atoms with E-state index >= 15 is 0 Å². The molecule has 0 amide bonds. The maximum absolute atomic E-state index is 10.9. The fourth-order valence-electron chi connectivity index (χ4n) is 1.16. The van der Waals surface area contributed by atoms with Crippen LogP contribution in [0.15, 0.2) is 16.5 Å². The third kappa shape index (κ3) is 3.38. The molecule has 5 heteroatoms. The van der Waals surface area contributed by atoms with Gasteiger partial charge in [-0.3, -0.25) is 0 Å². The molecule has 1 unspecified atom stereocenters. The Hall–Kier alpha value is -1.33. The lowest BCUT2D eigenvalue weighted by atomic mass is 10.2. The SMILES string of the molecule is COCc1ccc(CC(O)C(=O)OC)o1. The van der Waals surface area contributed by atoms with Crippen LogP contribution in [0.1, 0.15) is 11.5 Å². The van der Waals surface area contributed by atoms with E-state index in [0.29, 0.717) is 18.1 Å². The Morgan fingerprint density at radius 2 is 2.13 bits per heavy atom. The standard InChI is InChI=1S/C10H14O5/c1-13-6-8-4-3-7(15-8)5-9(11)10(12)14-2/h3-4,9,11H,5-6H2,1-2H3. The second-order valence-corrected chi connectivity index (χ2v) is 3.04. The van der Waals surface area contributed by atoms with Gasteiger partial charge in [0.15, 0.2) is 6.10 Å². The molecular formula is C10H14O5. The highest BCUT2D eigenvalue weighted by molar-refractivity contribution is 5.74. The highest BCUT2D eigenvalue weighted by atomic mass is 16.5. The summed E-state index contributed by atoms with van der Waals surface area (Å²) in [4.78, 5) is 10.9. The first-order valence-electron chi connectivity index (χ1n) is 4.49. The van der Waals surface area contributed by atoms with Gasteiger partial charge in [-0.1, -0.05) is 0 Å². The third-order valence-electron chi connectivity index (χ3n) is 1.87. The van der Waals surface area contributed by atoms with Gasteiger partial charge in [0.2, 0.25) is 0 Å². The molecule has 1 aromatic rings. The van der Waals surface area contributed by atoms with Gasteiger partial charge in [0.25, 0.3) is 0 Å². The maximum Gasteiger partial charge on any atom is 0.335 e. The minimum Gasteiger partial charge on any atom is -0.467 e. The first kappa shape index (κ1) is 11.7. The van der Waals surface area contributed by atoms with E-state index in [1.807, 2.05) is 0 Å². The van der Waals surface area contributed by atoms with Crippen LogP contribution in [0.5, 0.6) is 0 Å². The monoisotopic (exact) mass is 214 g/mol. The lowest BCUT2D eigenvalue weighted by Crippen LogP contribution is -2.23. The highest BCUT2D eigenvalue weighted by Gasteiger charge is 2.17. The molecule has 1 atom stereocenters. The van der Waals surface area contributed by atoms with Crippen molar-refractivity contribution in [1.82, 2.24) is 0 Å². The lowest BCUT2D eigenvalue weighted by molar-refractivity contribution is -0.150. The van der Waals surface area contributed by atoms with Crippen LogP contribution < -0.4 is 0 Å². The van der Waals surface area contributed by atoms with Crippen molar-refractivity contribution < 1.29 is 23.8 Å². The van der Waals surface area contributed by atoms with Crippen LogP contribution in [0.25, 0.3) is 0 Å². The Labute approximate surface area is 87.6 Å². The molecule has 1 heterocycles. The van der Waals surface area contributed by atoms with Gasteiger partial charge in [-0.05, 0) is 12.1 Å². The molecule has 0 saturated carbocycles. The fourth-order valence-corrected chi connectivity index (χ4v) is 1.16. The summed E-state index contributed by atoms with van der Waals surface area (Å²) in [5.41, 5.74) is 0. The summed E-state index contributed by atoms with van der Waals surface area (Å²) in [6, 6.07) is 3.43. The first-order chi connectivity index (χ1) is 7.17. The molecule has 1 aromatic heterocycles. The van der Waals surface area contributed by atoms with Crippen molar-refractivity contribution in [1.29, 1.82) is 0 Å². The molecule has 1 N–H and O–H groups in total. The quantitative estimate of drug-likeness (QED) is 0.723. The van der Waals surface area contributed by atoms with Gasteiger partial charge in [0, 0.05) is 13.5 Å². The van der Waals surface area contributed by atoms with Crippen LogP contribution in [0.3, 0.4) is 0 Å². The van der Waals surface area contributed by atoms with Gasteiger partial charge in [-0.15, -0.1) is 0 Å². The Bertz CT molecular complexity index is 317. The van der Waals surface area contributed by atoms with Crippen LogP contribution >= 0.6 is 0 Å². The predicted octanol–water partition coefficient (Wildman–Crippen LogP) is 0.502. The molecule has 5 nitrogen and oxygen atoms in total. The molecular weight excluding hydrogens is 200 g/mol. The Balaban J connectivity index is 2.53. The number of aliphatic hydroxyl groups excluding tert-OH is 1. The van der Waals surface area contributed by atoms with Gasteiger partial charge in [0.05, 0.1) is 7.11 Å². The van der Waals surface area contributed by atoms with Gasteiger partial charge in [0.1, 0.15) is 18.1 Å². The largest absolute Gasteiger partial charge is 0.467 e. The summed E-state index contributed by atoms with van der Waals surface area (Å²) >= 11 is 0. The molecule has 0 aromatic carbocycles. The van der Waals surface area contributed by atoms with Crippen molar-refractivity contribution >= 4 is 5.97 Å². The van der Waals surface area contributed by atoms with Crippen molar-refractivity contribution in [2.75, 3.05) is 14.2 Å². The summed E-state index contributed by atoms with van der Waals surface area (Å²) in [6.45, 7) is 0.369. The molecule has 0 bridgehead atoms. The molecule has 0 fully saturated rings. The second-order valence-electron chi connectivity index (χ2n) is 3.04. The summed E-state index contributed by atoms with van der Waals surface area (Å²) in [7, 11) is 2.79. The molecule has 0 aliphatic heterocycles. The number of methoxy groups -OCH3 is 2. The molecule has 0 radical (unpaired) electrons. The van der Waals surface area contributed by atoms with Crippen LogP contribution in [0.2, 0.25) is 0 Å². The fraction of sp³-hybridized carbons (Fsp3) is 0.500. The van der Waals surface area contributed by atoms with E-state index in [1.165, 1.54) is 7.11 Å². The normalized spacial score (nSPS) is 12.5. The highest BCUT2D eigenvalue weighted by Crippen LogP contribution is 2.11. The van der Waals surface area contributed by atoms with Crippen molar-refractivity contribution in [2.24, 2.45) is 0 Å². The van der Waals surface area contributed by atoms with Crippen LogP contribution in [0, 0.1) is 0 Å². The Morgan fingerprint density at radius 1 is 1.47 bits per heavy atom. The molecule has 84 valence electrons. The van der Waals surface area contributed by atoms with Gasteiger partial charge in [-0.2, -0.15) is 0 Å². The number of furan rings is 1. The van der Waals surface area contributed by atoms with Gasteiger partial charge in [-0.25, -0.2) is 4.79 Å². The minimum absolute atomic E-state index is 0.108.